The van der Waals surface area contributed by atoms with E-state index in [1.165, 1.54) is 23.8 Å². The molecule has 0 atom stereocenters. The van der Waals surface area contributed by atoms with Gasteiger partial charge >= 0.3 is 0 Å². The Morgan fingerprint density at radius 3 is 3.14 bits per heavy atom. The summed E-state index contributed by atoms with van der Waals surface area (Å²) in [6.45, 7) is 2.20. The number of rotatable bonds is 3. The molecule has 2 aromatic rings. The smallest absolute Gasteiger partial charge is 0.137 e. The standard InChI is InChI=1S/C11H15N3/c1-2-3-4-8-6-13-11-10(8)5-9(12)7-14-11/h5-7H,2-4,12H2,1H3,(H,13,14). The van der Waals surface area contributed by atoms with Crippen molar-refractivity contribution >= 4 is 16.7 Å². The highest BCUT2D eigenvalue weighted by Gasteiger charge is 2.03. The van der Waals surface area contributed by atoms with Gasteiger partial charge < -0.3 is 10.7 Å². The van der Waals surface area contributed by atoms with Gasteiger partial charge in [-0.25, -0.2) is 4.98 Å². The van der Waals surface area contributed by atoms with E-state index in [1.54, 1.807) is 6.20 Å². The summed E-state index contributed by atoms with van der Waals surface area (Å²) in [4.78, 5) is 7.39. The van der Waals surface area contributed by atoms with Crippen LogP contribution in [-0.2, 0) is 6.42 Å². The Balaban J connectivity index is 2.40. The fourth-order valence-corrected chi connectivity index (χ4v) is 1.65. The van der Waals surface area contributed by atoms with Crippen LogP contribution in [0.4, 0.5) is 5.69 Å². The molecular formula is C11H15N3. The van der Waals surface area contributed by atoms with E-state index in [1.807, 2.05) is 12.3 Å². The van der Waals surface area contributed by atoms with E-state index in [9.17, 15) is 0 Å². The van der Waals surface area contributed by atoms with Gasteiger partial charge in [0.15, 0.2) is 0 Å². The van der Waals surface area contributed by atoms with Crippen LogP contribution in [0.2, 0.25) is 0 Å². The fraction of sp³-hybridized carbons (Fsp3) is 0.364. The number of anilines is 1. The van der Waals surface area contributed by atoms with Gasteiger partial charge in [-0.3, -0.25) is 0 Å². The predicted molar refractivity (Wildman–Crippen MR) is 59.1 cm³/mol. The first-order valence-electron chi connectivity index (χ1n) is 5.02. The third-order valence-electron chi connectivity index (χ3n) is 2.44. The molecule has 3 N–H and O–H groups in total. The van der Waals surface area contributed by atoms with E-state index in [0.717, 1.165) is 17.8 Å². The Hall–Kier alpha value is -1.51. The van der Waals surface area contributed by atoms with Gasteiger partial charge in [0, 0.05) is 11.6 Å². The maximum Gasteiger partial charge on any atom is 0.137 e. The van der Waals surface area contributed by atoms with Crippen LogP contribution in [-0.4, -0.2) is 9.97 Å². The second-order valence-electron chi connectivity index (χ2n) is 3.58. The van der Waals surface area contributed by atoms with Crippen molar-refractivity contribution in [2.75, 3.05) is 5.73 Å². The van der Waals surface area contributed by atoms with Gasteiger partial charge in [-0.05, 0) is 24.5 Å². The van der Waals surface area contributed by atoms with Crippen molar-refractivity contribution < 1.29 is 0 Å². The molecule has 0 radical (unpaired) electrons. The number of nitrogens with zero attached hydrogens (tertiary/aromatic N) is 1. The molecule has 0 fully saturated rings. The van der Waals surface area contributed by atoms with Crippen molar-refractivity contribution in [2.45, 2.75) is 26.2 Å². The van der Waals surface area contributed by atoms with Gasteiger partial charge in [0.25, 0.3) is 0 Å². The number of unbranched alkanes of at least 4 members (excludes halogenated alkanes) is 1. The zero-order valence-corrected chi connectivity index (χ0v) is 8.38. The molecule has 3 heteroatoms. The molecule has 0 bridgehead atoms. The van der Waals surface area contributed by atoms with Gasteiger partial charge in [0.2, 0.25) is 0 Å². The molecule has 0 aromatic carbocycles. The van der Waals surface area contributed by atoms with Crippen LogP contribution >= 0.6 is 0 Å². The average molecular weight is 189 g/mol. The molecule has 0 amide bonds. The van der Waals surface area contributed by atoms with E-state index in [0.29, 0.717) is 0 Å². The molecule has 14 heavy (non-hydrogen) atoms. The zero-order valence-electron chi connectivity index (χ0n) is 8.38. The molecule has 0 aliphatic rings. The van der Waals surface area contributed by atoms with Crippen LogP contribution in [0.3, 0.4) is 0 Å². The molecule has 0 saturated heterocycles. The summed E-state index contributed by atoms with van der Waals surface area (Å²) in [7, 11) is 0. The number of nitrogens with one attached hydrogen (secondary N) is 1. The molecule has 74 valence electrons. The van der Waals surface area contributed by atoms with Crippen LogP contribution in [0, 0.1) is 0 Å². The Morgan fingerprint density at radius 1 is 1.50 bits per heavy atom. The highest BCUT2D eigenvalue weighted by Crippen LogP contribution is 2.20. The van der Waals surface area contributed by atoms with Crippen molar-refractivity contribution in [3.63, 3.8) is 0 Å². The van der Waals surface area contributed by atoms with E-state index < -0.39 is 0 Å². The van der Waals surface area contributed by atoms with Crippen LogP contribution in [0.1, 0.15) is 25.3 Å². The monoisotopic (exact) mass is 189 g/mol. The Bertz CT molecular complexity index is 431. The lowest BCUT2D eigenvalue weighted by molar-refractivity contribution is 0.799. The normalized spacial score (nSPS) is 10.9. The second-order valence-corrected chi connectivity index (χ2v) is 3.58. The summed E-state index contributed by atoms with van der Waals surface area (Å²) < 4.78 is 0. The lowest BCUT2D eigenvalue weighted by atomic mass is 10.1. The first-order chi connectivity index (χ1) is 6.81. The number of hydrogen-bond donors (Lipinski definition) is 2. The van der Waals surface area contributed by atoms with E-state index in [-0.39, 0.29) is 0 Å². The lowest BCUT2D eigenvalue weighted by Crippen LogP contribution is -1.87. The fourth-order valence-electron chi connectivity index (χ4n) is 1.65. The van der Waals surface area contributed by atoms with Gasteiger partial charge in [-0.15, -0.1) is 0 Å². The summed E-state index contributed by atoms with van der Waals surface area (Å²) in [5, 5.41) is 1.17. The van der Waals surface area contributed by atoms with Crippen molar-refractivity contribution in [1.29, 1.82) is 0 Å². The summed E-state index contributed by atoms with van der Waals surface area (Å²) in [5.41, 5.74) is 8.69. The number of pyridine rings is 1. The van der Waals surface area contributed by atoms with Crippen molar-refractivity contribution in [3.05, 3.63) is 24.0 Å². The number of H-pyrrole nitrogens is 1. The summed E-state index contributed by atoms with van der Waals surface area (Å²) >= 11 is 0. The molecule has 3 nitrogen and oxygen atoms in total. The second kappa shape index (κ2) is 3.70. The number of nitrogens with two attached hydrogens (primary N) is 1. The number of nitrogen functional groups attached to an aromatic ring is 1. The minimum Gasteiger partial charge on any atom is -0.397 e. The molecule has 0 aliphatic heterocycles. The van der Waals surface area contributed by atoms with Crippen LogP contribution in [0.15, 0.2) is 18.5 Å². The highest BCUT2D eigenvalue weighted by atomic mass is 14.8. The summed E-state index contributed by atoms with van der Waals surface area (Å²) in [5.74, 6) is 0. The predicted octanol–water partition coefficient (Wildman–Crippen LogP) is 2.49. The highest BCUT2D eigenvalue weighted by molar-refractivity contribution is 5.82. The van der Waals surface area contributed by atoms with Gasteiger partial charge in [0.05, 0.1) is 11.9 Å². The van der Waals surface area contributed by atoms with E-state index in [4.69, 9.17) is 5.73 Å². The molecule has 0 aliphatic carbocycles. The quantitative estimate of drug-likeness (QED) is 0.779. The van der Waals surface area contributed by atoms with Crippen LogP contribution < -0.4 is 5.73 Å². The first kappa shape index (κ1) is 9.06. The molecule has 0 spiro atoms. The number of aryl methyl sites for hydroxylation is 1. The maximum atomic E-state index is 5.70. The summed E-state index contributed by atoms with van der Waals surface area (Å²) in [6, 6.07) is 1.99. The van der Waals surface area contributed by atoms with Gasteiger partial charge in [0.1, 0.15) is 5.65 Å². The van der Waals surface area contributed by atoms with Crippen molar-refractivity contribution in [2.24, 2.45) is 0 Å². The number of hydrogen-bond acceptors (Lipinski definition) is 2. The molecular weight excluding hydrogens is 174 g/mol. The van der Waals surface area contributed by atoms with Gasteiger partial charge in [-0.2, -0.15) is 0 Å². The third-order valence-corrected chi connectivity index (χ3v) is 2.44. The lowest BCUT2D eigenvalue weighted by Gasteiger charge is -1.97. The van der Waals surface area contributed by atoms with Crippen molar-refractivity contribution in [3.8, 4) is 0 Å². The molecule has 2 rings (SSSR count). The van der Waals surface area contributed by atoms with Gasteiger partial charge in [-0.1, -0.05) is 13.3 Å². The molecule has 2 aromatic heterocycles. The molecule has 0 unspecified atom stereocenters. The van der Waals surface area contributed by atoms with Crippen LogP contribution in [0.5, 0.6) is 0 Å². The minimum atomic E-state index is 0.731. The van der Waals surface area contributed by atoms with Crippen molar-refractivity contribution in [1.82, 2.24) is 9.97 Å². The average Bonchev–Trinajstić information content (AvgIpc) is 2.57. The first-order valence-corrected chi connectivity index (χ1v) is 5.02. The van der Waals surface area contributed by atoms with Crippen LogP contribution in [0.25, 0.3) is 11.0 Å². The minimum absolute atomic E-state index is 0.731. The molecule has 0 saturated carbocycles. The number of fused-ring (bicyclic) bond motifs is 1. The maximum absolute atomic E-state index is 5.70. The number of aromatic amines is 1. The third kappa shape index (κ3) is 1.58. The number of aromatic nitrogens is 2. The summed E-state index contributed by atoms with van der Waals surface area (Å²) in [6.07, 6.45) is 7.24. The largest absolute Gasteiger partial charge is 0.397 e. The van der Waals surface area contributed by atoms with E-state index in [2.05, 4.69) is 16.9 Å². The van der Waals surface area contributed by atoms with E-state index >= 15 is 0 Å². The molecule has 2 heterocycles. The Labute approximate surface area is 83.3 Å². The zero-order chi connectivity index (χ0) is 9.97. The Kier molecular flexibility index (Phi) is 2.39. The SMILES string of the molecule is CCCCc1c[nH]c2ncc(N)cc12. The Morgan fingerprint density at radius 2 is 2.36 bits per heavy atom. The topological polar surface area (TPSA) is 54.7 Å².